The number of hydrogen-bond donors (Lipinski definition) is 2. The Balaban J connectivity index is 2.12. The molecule has 1 aromatic heterocycles. The van der Waals surface area contributed by atoms with Gasteiger partial charge in [0.2, 0.25) is 0 Å². The highest BCUT2D eigenvalue weighted by Crippen LogP contribution is 2.16. The fourth-order valence-corrected chi connectivity index (χ4v) is 2.59. The van der Waals surface area contributed by atoms with Crippen LogP contribution < -0.4 is 11.1 Å². The molecule has 0 radical (unpaired) electrons. The largest absolute Gasteiger partial charge is 0.346 e. The molecular formula is C17H24N4O. The van der Waals surface area contributed by atoms with Crippen LogP contribution in [-0.4, -0.2) is 27.8 Å². The average Bonchev–Trinajstić information content (AvgIpc) is 2.97. The third-order valence-electron chi connectivity index (χ3n) is 3.59. The minimum absolute atomic E-state index is 0.143. The van der Waals surface area contributed by atoms with E-state index in [1.165, 1.54) is 0 Å². The van der Waals surface area contributed by atoms with Crippen molar-refractivity contribution in [2.45, 2.75) is 32.7 Å². The van der Waals surface area contributed by atoms with Crippen LogP contribution in [0.4, 0.5) is 0 Å². The zero-order valence-electron chi connectivity index (χ0n) is 13.4. The number of aromatic nitrogens is 2. The Morgan fingerprint density at radius 2 is 2.05 bits per heavy atom. The zero-order chi connectivity index (χ0) is 16.2. The van der Waals surface area contributed by atoms with E-state index in [0.29, 0.717) is 18.0 Å². The third-order valence-corrected chi connectivity index (χ3v) is 3.59. The lowest BCUT2D eigenvalue weighted by Crippen LogP contribution is -2.52. The Kier molecular flexibility index (Phi) is 4.98. The second-order valence-electron chi connectivity index (χ2n) is 6.33. The van der Waals surface area contributed by atoms with Gasteiger partial charge in [-0.25, -0.2) is 4.68 Å². The van der Waals surface area contributed by atoms with Crippen molar-refractivity contribution in [1.29, 1.82) is 0 Å². The van der Waals surface area contributed by atoms with Crippen LogP contribution in [-0.2, 0) is 0 Å². The number of nitrogens with two attached hydrogens (primary N) is 1. The van der Waals surface area contributed by atoms with Gasteiger partial charge in [0.25, 0.3) is 5.91 Å². The normalized spacial score (nSPS) is 13.9. The van der Waals surface area contributed by atoms with E-state index in [0.717, 1.165) is 12.1 Å². The summed E-state index contributed by atoms with van der Waals surface area (Å²) in [6.07, 6.45) is 4.15. The van der Waals surface area contributed by atoms with Crippen molar-refractivity contribution in [1.82, 2.24) is 15.1 Å². The molecule has 1 heterocycles. The van der Waals surface area contributed by atoms with Crippen molar-refractivity contribution in [3.8, 4) is 5.69 Å². The van der Waals surface area contributed by atoms with E-state index < -0.39 is 5.54 Å². The number of carbonyl (C=O) groups is 1. The van der Waals surface area contributed by atoms with Gasteiger partial charge in [0.15, 0.2) is 0 Å². The van der Waals surface area contributed by atoms with Gasteiger partial charge in [0.05, 0.1) is 17.4 Å². The van der Waals surface area contributed by atoms with Gasteiger partial charge in [-0.15, -0.1) is 0 Å². The molecule has 1 aromatic carbocycles. The summed E-state index contributed by atoms with van der Waals surface area (Å²) < 4.78 is 1.69. The molecule has 1 atom stereocenters. The lowest BCUT2D eigenvalue weighted by Gasteiger charge is -2.31. The van der Waals surface area contributed by atoms with E-state index in [4.69, 9.17) is 5.73 Å². The van der Waals surface area contributed by atoms with Gasteiger partial charge in [-0.05, 0) is 31.4 Å². The van der Waals surface area contributed by atoms with Gasteiger partial charge in [-0.1, -0.05) is 32.0 Å². The smallest absolute Gasteiger partial charge is 0.254 e. The average molecular weight is 300 g/mol. The molecule has 118 valence electrons. The van der Waals surface area contributed by atoms with Crippen LogP contribution in [0.3, 0.4) is 0 Å². The summed E-state index contributed by atoms with van der Waals surface area (Å²) >= 11 is 0. The SMILES string of the molecule is CC(C)CC(C)(CN)NC(=O)c1cnn(-c2ccccc2)c1. The summed E-state index contributed by atoms with van der Waals surface area (Å²) in [5, 5.41) is 7.29. The number of hydrogen-bond acceptors (Lipinski definition) is 3. The molecule has 2 aromatic rings. The maximum Gasteiger partial charge on any atom is 0.254 e. The second-order valence-corrected chi connectivity index (χ2v) is 6.33. The molecule has 22 heavy (non-hydrogen) atoms. The van der Waals surface area contributed by atoms with E-state index in [-0.39, 0.29) is 5.91 Å². The summed E-state index contributed by atoms with van der Waals surface area (Å²) in [6, 6.07) is 9.70. The Hall–Kier alpha value is -2.14. The van der Waals surface area contributed by atoms with Gasteiger partial charge < -0.3 is 11.1 Å². The predicted molar refractivity (Wildman–Crippen MR) is 87.9 cm³/mol. The summed E-state index contributed by atoms with van der Waals surface area (Å²) in [4.78, 5) is 12.4. The standard InChI is InChI=1S/C17H24N4O/c1-13(2)9-17(3,12-18)20-16(22)14-10-19-21(11-14)15-7-5-4-6-8-15/h4-8,10-11,13H,9,12,18H2,1-3H3,(H,20,22). The molecule has 0 saturated heterocycles. The third kappa shape index (κ3) is 3.95. The van der Waals surface area contributed by atoms with Crippen LogP contribution in [0.2, 0.25) is 0 Å². The molecule has 0 bridgehead atoms. The molecule has 5 heteroatoms. The molecule has 2 rings (SSSR count). The first-order chi connectivity index (χ1) is 10.4. The molecule has 0 aliphatic rings. The number of para-hydroxylation sites is 1. The van der Waals surface area contributed by atoms with Crippen molar-refractivity contribution in [3.05, 3.63) is 48.3 Å². The first-order valence-electron chi connectivity index (χ1n) is 7.56. The summed E-state index contributed by atoms with van der Waals surface area (Å²) in [7, 11) is 0. The van der Waals surface area contributed by atoms with Gasteiger partial charge in [-0.3, -0.25) is 4.79 Å². The molecule has 1 amide bonds. The van der Waals surface area contributed by atoms with E-state index in [2.05, 4.69) is 24.3 Å². The fraction of sp³-hybridized carbons (Fsp3) is 0.412. The monoisotopic (exact) mass is 300 g/mol. The lowest BCUT2D eigenvalue weighted by molar-refractivity contribution is 0.0898. The Morgan fingerprint density at radius 1 is 1.36 bits per heavy atom. The van der Waals surface area contributed by atoms with Crippen molar-refractivity contribution in [3.63, 3.8) is 0 Å². The highest BCUT2D eigenvalue weighted by Gasteiger charge is 2.26. The number of nitrogens with one attached hydrogen (secondary N) is 1. The number of benzene rings is 1. The summed E-state index contributed by atoms with van der Waals surface area (Å²) in [5.74, 6) is 0.316. The van der Waals surface area contributed by atoms with Crippen LogP contribution >= 0.6 is 0 Å². The van der Waals surface area contributed by atoms with Crippen LogP contribution in [0.1, 0.15) is 37.6 Å². The first-order valence-corrected chi connectivity index (χ1v) is 7.56. The predicted octanol–water partition coefficient (Wildman–Crippen LogP) is 2.37. The summed E-state index contributed by atoms with van der Waals surface area (Å²) in [5.41, 5.74) is 6.90. The van der Waals surface area contributed by atoms with Crippen molar-refractivity contribution < 1.29 is 4.79 Å². The quantitative estimate of drug-likeness (QED) is 0.860. The van der Waals surface area contributed by atoms with Gasteiger partial charge in [0, 0.05) is 18.3 Å². The minimum atomic E-state index is -0.403. The van der Waals surface area contributed by atoms with E-state index in [1.54, 1.807) is 17.1 Å². The Labute approximate surface area is 131 Å². The second kappa shape index (κ2) is 6.75. The highest BCUT2D eigenvalue weighted by atomic mass is 16.1. The van der Waals surface area contributed by atoms with Crippen molar-refractivity contribution in [2.24, 2.45) is 11.7 Å². The maximum absolute atomic E-state index is 12.4. The minimum Gasteiger partial charge on any atom is -0.346 e. The number of amides is 1. The van der Waals surface area contributed by atoms with Crippen LogP contribution in [0.5, 0.6) is 0 Å². The fourth-order valence-electron chi connectivity index (χ4n) is 2.59. The van der Waals surface area contributed by atoms with E-state index >= 15 is 0 Å². The van der Waals surface area contributed by atoms with E-state index in [1.807, 2.05) is 37.3 Å². The highest BCUT2D eigenvalue weighted by molar-refractivity contribution is 5.94. The van der Waals surface area contributed by atoms with Crippen molar-refractivity contribution >= 4 is 5.91 Å². The first kappa shape index (κ1) is 16.2. The van der Waals surface area contributed by atoms with E-state index in [9.17, 15) is 4.79 Å². The molecule has 0 aliphatic heterocycles. The zero-order valence-corrected chi connectivity index (χ0v) is 13.4. The lowest BCUT2D eigenvalue weighted by atomic mass is 9.90. The van der Waals surface area contributed by atoms with Crippen molar-refractivity contribution in [2.75, 3.05) is 6.54 Å². The molecule has 0 spiro atoms. The molecule has 3 N–H and O–H groups in total. The number of carbonyl (C=O) groups excluding carboxylic acids is 1. The van der Waals surface area contributed by atoms with Crippen LogP contribution in [0.15, 0.2) is 42.7 Å². The topological polar surface area (TPSA) is 72.9 Å². The molecule has 0 fully saturated rings. The molecular weight excluding hydrogens is 276 g/mol. The summed E-state index contributed by atoms with van der Waals surface area (Å²) in [6.45, 7) is 6.62. The maximum atomic E-state index is 12.4. The van der Waals surface area contributed by atoms with Gasteiger partial charge >= 0.3 is 0 Å². The Morgan fingerprint density at radius 3 is 2.64 bits per heavy atom. The van der Waals surface area contributed by atoms with Crippen LogP contribution in [0.25, 0.3) is 5.69 Å². The van der Waals surface area contributed by atoms with Crippen LogP contribution in [0, 0.1) is 5.92 Å². The molecule has 0 aliphatic carbocycles. The number of rotatable bonds is 6. The van der Waals surface area contributed by atoms with Gasteiger partial charge in [-0.2, -0.15) is 5.10 Å². The van der Waals surface area contributed by atoms with Gasteiger partial charge in [0.1, 0.15) is 0 Å². The molecule has 1 unspecified atom stereocenters. The molecule has 0 saturated carbocycles. The Bertz CT molecular complexity index is 621. The molecule has 5 nitrogen and oxygen atoms in total. The number of nitrogens with zero attached hydrogens (tertiary/aromatic N) is 2.